The summed E-state index contributed by atoms with van der Waals surface area (Å²) in [6.45, 7) is 1.47. The first-order valence-corrected chi connectivity index (χ1v) is 12.0. The predicted octanol–water partition coefficient (Wildman–Crippen LogP) is 5.91. The second-order valence-corrected chi connectivity index (χ2v) is 7.89. The molecule has 0 atom stereocenters. The number of nitriles is 1. The molecule has 7 heteroatoms. The third-order valence-corrected chi connectivity index (χ3v) is 5.25. The van der Waals surface area contributed by atoms with Gasteiger partial charge in [-0.2, -0.15) is 5.26 Å². The summed E-state index contributed by atoms with van der Waals surface area (Å²) in [5, 5.41) is 14.6. The fourth-order valence-corrected chi connectivity index (χ4v) is 3.44. The topological polar surface area (TPSA) is 91.6 Å². The van der Waals surface area contributed by atoms with Crippen LogP contribution < -0.4 is 20.1 Å². The van der Waals surface area contributed by atoms with Crippen molar-refractivity contribution in [2.75, 3.05) is 25.6 Å². The fourth-order valence-electron chi connectivity index (χ4n) is 3.44. The van der Waals surface area contributed by atoms with Gasteiger partial charge in [0, 0.05) is 30.7 Å². The van der Waals surface area contributed by atoms with Crippen molar-refractivity contribution in [3.8, 4) is 17.7 Å². The number of benzene rings is 1. The number of nitrogens with zero attached hydrogens (tertiary/aromatic N) is 3. The zero-order valence-corrected chi connectivity index (χ0v) is 19.8. The Morgan fingerprint density at radius 2 is 1.55 bits per heavy atom. The van der Waals surface area contributed by atoms with Gasteiger partial charge in [-0.25, -0.2) is 0 Å². The molecule has 1 heterocycles. The van der Waals surface area contributed by atoms with Crippen molar-refractivity contribution in [1.29, 1.82) is 5.26 Å². The van der Waals surface area contributed by atoms with E-state index in [1.807, 2.05) is 42.6 Å². The van der Waals surface area contributed by atoms with Crippen LogP contribution in [0.2, 0.25) is 0 Å². The second-order valence-electron chi connectivity index (χ2n) is 7.89. The van der Waals surface area contributed by atoms with Crippen LogP contribution in [0.15, 0.2) is 53.8 Å². The number of aliphatic imine (C=N–C) groups is 1. The lowest BCUT2D eigenvalue weighted by molar-refractivity contribution is 0.302. The van der Waals surface area contributed by atoms with Gasteiger partial charge in [0.15, 0.2) is 6.19 Å². The lowest BCUT2D eigenvalue weighted by atomic mass is 10.1. The van der Waals surface area contributed by atoms with Crippen LogP contribution >= 0.6 is 0 Å². The number of ether oxygens (including phenoxy) is 2. The molecule has 7 nitrogen and oxygen atoms in total. The standard InChI is InChI=1S/C26H37N5O2/c1-32-24-13-12-14-25(21-24)33-20-11-9-7-5-3-2-4-6-8-10-17-29-26(30-22-27)31-23-15-18-28-19-16-23/h12-16,18-19,21H,2-11,17,20H2,1H3,(H2,28,29,30,31). The van der Waals surface area contributed by atoms with Gasteiger partial charge in [-0.3, -0.25) is 15.3 Å². The molecule has 0 saturated carbocycles. The Hall–Kier alpha value is -3.27. The SMILES string of the molecule is COc1cccc(OCCCCCCCCCCCCN=C(NC#N)Nc2ccncc2)c1. The number of rotatable bonds is 16. The summed E-state index contributed by atoms with van der Waals surface area (Å²) < 4.78 is 11.0. The van der Waals surface area contributed by atoms with E-state index in [1.54, 1.807) is 19.5 Å². The number of aromatic nitrogens is 1. The summed E-state index contributed by atoms with van der Waals surface area (Å²) in [4.78, 5) is 8.43. The number of anilines is 1. The highest BCUT2D eigenvalue weighted by Gasteiger charge is 1.99. The normalized spacial score (nSPS) is 11.0. The smallest absolute Gasteiger partial charge is 0.209 e. The average Bonchev–Trinajstić information content (AvgIpc) is 2.85. The molecule has 0 aliphatic rings. The van der Waals surface area contributed by atoms with E-state index < -0.39 is 0 Å². The maximum Gasteiger partial charge on any atom is 0.209 e. The van der Waals surface area contributed by atoms with Gasteiger partial charge in [0.1, 0.15) is 11.5 Å². The molecule has 0 radical (unpaired) electrons. The number of nitrogens with one attached hydrogen (secondary N) is 2. The largest absolute Gasteiger partial charge is 0.497 e. The molecular formula is C26H37N5O2. The van der Waals surface area contributed by atoms with Gasteiger partial charge in [-0.15, -0.1) is 0 Å². The molecule has 2 rings (SSSR count). The van der Waals surface area contributed by atoms with Gasteiger partial charge < -0.3 is 14.8 Å². The minimum Gasteiger partial charge on any atom is -0.497 e. The van der Waals surface area contributed by atoms with Crippen LogP contribution in [0.5, 0.6) is 11.5 Å². The van der Waals surface area contributed by atoms with E-state index in [0.29, 0.717) is 12.5 Å². The number of methoxy groups -OCH3 is 1. The highest BCUT2D eigenvalue weighted by Crippen LogP contribution is 2.19. The first-order valence-electron chi connectivity index (χ1n) is 12.0. The van der Waals surface area contributed by atoms with Crippen LogP contribution in [0, 0.1) is 11.5 Å². The number of hydrogen-bond donors (Lipinski definition) is 2. The molecule has 0 bridgehead atoms. The molecule has 1 aromatic carbocycles. The van der Waals surface area contributed by atoms with Crippen molar-refractivity contribution in [3.05, 3.63) is 48.8 Å². The van der Waals surface area contributed by atoms with E-state index in [-0.39, 0.29) is 0 Å². The van der Waals surface area contributed by atoms with E-state index in [1.165, 1.54) is 51.4 Å². The summed E-state index contributed by atoms with van der Waals surface area (Å²) in [6, 6.07) is 11.4. The Labute approximate surface area is 198 Å². The van der Waals surface area contributed by atoms with Crippen molar-refractivity contribution in [1.82, 2.24) is 10.3 Å². The van der Waals surface area contributed by atoms with Gasteiger partial charge in [0.2, 0.25) is 5.96 Å². The van der Waals surface area contributed by atoms with Crippen molar-refractivity contribution < 1.29 is 9.47 Å². The predicted molar refractivity (Wildman–Crippen MR) is 134 cm³/mol. The Balaban J connectivity index is 1.40. The van der Waals surface area contributed by atoms with Crippen molar-refractivity contribution in [2.24, 2.45) is 4.99 Å². The molecule has 0 aliphatic heterocycles. The Kier molecular flexibility index (Phi) is 13.6. The molecule has 2 aromatic rings. The van der Waals surface area contributed by atoms with E-state index in [0.717, 1.165) is 36.6 Å². The third kappa shape index (κ3) is 12.4. The maximum absolute atomic E-state index is 8.88. The molecule has 1 aromatic heterocycles. The summed E-state index contributed by atoms with van der Waals surface area (Å²) in [5.41, 5.74) is 0.857. The van der Waals surface area contributed by atoms with Crippen LogP contribution in [-0.4, -0.2) is 31.2 Å². The van der Waals surface area contributed by atoms with E-state index in [2.05, 4.69) is 20.6 Å². The average molecular weight is 452 g/mol. The quantitative estimate of drug-likeness (QED) is 0.108. The van der Waals surface area contributed by atoms with Gasteiger partial charge in [-0.05, 0) is 37.1 Å². The van der Waals surface area contributed by atoms with E-state index in [4.69, 9.17) is 14.7 Å². The molecular weight excluding hydrogens is 414 g/mol. The summed E-state index contributed by atoms with van der Waals surface area (Å²) in [7, 11) is 1.67. The Bertz CT molecular complexity index is 836. The van der Waals surface area contributed by atoms with Crippen LogP contribution in [-0.2, 0) is 0 Å². The summed E-state index contributed by atoms with van der Waals surface area (Å²) in [5.74, 6) is 2.19. The molecule has 0 spiro atoms. The third-order valence-electron chi connectivity index (χ3n) is 5.25. The first-order chi connectivity index (χ1) is 16.3. The molecule has 0 fully saturated rings. The number of hydrogen-bond acceptors (Lipinski definition) is 5. The molecule has 0 amide bonds. The van der Waals surface area contributed by atoms with Crippen LogP contribution in [0.4, 0.5) is 5.69 Å². The van der Waals surface area contributed by atoms with Crippen LogP contribution in [0.1, 0.15) is 64.2 Å². The molecule has 0 unspecified atom stereocenters. The lowest BCUT2D eigenvalue weighted by Crippen LogP contribution is -2.27. The van der Waals surface area contributed by atoms with Gasteiger partial charge in [0.25, 0.3) is 0 Å². The monoisotopic (exact) mass is 451 g/mol. The zero-order valence-electron chi connectivity index (χ0n) is 19.8. The van der Waals surface area contributed by atoms with E-state index in [9.17, 15) is 0 Å². The lowest BCUT2D eigenvalue weighted by Gasteiger charge is -2.08. The van der Waals surface area contributed by atoms with Gasteiger partial charge in [-0.1, -0.05) is 57.4 Å². The fraction of sp³-hybridized carbons (Fsp3) is 0.500. The molecule has 0 saturated heterocycles. The minimum atomic E-state index is 0.484. The van der Waals surface area contributed by atoms with Crippen molar-refractivity contribution in [3.63, 3.8) is 0 Å². The second kappa shape index (κ2) is 17.3. The van der Waals surface area contributed by atoms with Crippen LogP contribution in [0.25, 0.3) is 0 Å². The minimum absolute atomic E-state index is 0.484. The molecule has 0 aliphatic carbocycles. The molecule has 2 N–H and O–H groups in total. The molecule has 178 valence electrons. The van der Waals surface area contributed by atoms with Gasteiger partial charge >= 0.3 is 0 Å². The number of pyridine rings is 1. The highest BCUT2D eigenvalue weighted by atomic mass is 16.5. The summed E-state index contributed by atoms with van der Waals surface area (Å²) >= 11 is 0. The summed E-state index contributed by atoms with van der Waals surface area (Å²) in [6.07, 6.45) is 17.5. The van der Waals surface area contributed by atoms with Crippen molar-refractivity contribution >= 4 is 11.6 Å². The first kappa shape index (κ1) is 26.0. The Morgan fingerprint density at radius 1 is 0.909 bits per heavy atom. The highest BCUT2D eigenvalue weighted by molar-refractivity contribution is 5.94. The number of guanidine groups is 1. The maximum atomic E-state index is 8.88. The van der Waals surface area contributed by atoms with E-state index >= 15 is 0 Å². The zero-order chi connectivity index (χ0) is 23.4. The molecule has 33 heavy (non-hydrogen) atoms. The Morgan fingerprint density at radius 3 is 2.21 bits per heavy atom. The number of unbranched alkanes of at least 4 members (excludes halogenated alkanes) is 9. The van der Waals surface area contributed by atoms with Crippen molar-refractivity contribution in [2.45, 2.75) is 64.2 Å². The van der Waals surface area contributed by atoms with Crippen LogP contribution in [0.3, 0.4) is 0 Å². The van der Waals surface area contributed by atoms with Gasteiger partial charge in [0.05, 0.1) is 13.7 Å².